The lowest BCUT2D eigenvalue weighted by molar-refractivity contribution is -0.144. The van der Waals surface area contributed by atoms with Gasteiger partial charge in [-0.25, -0.2) is 5.84 Å². The minimum atomic E-state index is -0.882. The molecule has 0 rings (SSSR count). The van der Waals surface area contributed by atoms with Gasteiger partial charge in [0.25, 0.3) is 0 Å². The Kier molecular flexibility index (Phi) is 8.39. The van der Waals surface area contributed by atoms with E-state index in [4.69, 9.17) is 10.9 Å². The monoisotopic (exact) mass is 272 g/mol. The normalized spacial score (nSPS) is 12.8. The van der Waals surface area contributed by atoms with Crippen molar-refractivity contribution >= 4 is 11.9 Å². The number of carboxylic acid groups (broad SMARTS) is 1. The van der Waals surface area contributed by atoms with Crippen molar-refractivity contribution < 1.29 is 14.7 Å². The molecule has 19 heavy (non-hydrogen) atoms. The van der Waals surface area contributed by atoms with Gasteiger partial charge < -0.3 is 5.11 Å². The summed E-state index contributed by atoms with van der Waals surface area (Å²) in [5, 5.41) is 10.2. The number of carboxylic acids is 1. The first-order valence-corrected chi connectivity index (χ1v) is 7.01. The van der Waals surface area contributed by atoms with Crippen molar-refractivity contribution in [1.29, 1.82) is 0 Å². The second-order valence-corrected chi connectivity index (χ2v) is 5.98. The molecule has 0 spiro atoms. The minimum Gasteiger partial charge on any atom is -0.481 e. The van der Waals surface area contributed by atoms with Gasteiger partial charge in [0.2, 0.25) is 5.91 Å². The van der Waals surface area contributed by atoms with Gasteiger partial charge in [-0.3, -0.25) is 14.6 Å². The maximum atomic E-state index is 11.8. The molecule has 0 aromatic heterocycles. The molecule has 0 fully saturated rings. The molecular formula is C14H28N2O3. The molecule has 0 aliphatic rings. The molecule has 0 aliphatic carbocycles. The fraction of sp³-hybridized carbons (Fsp3) is 0.857. The van der Waals surface area contributed by atoms with Crippen molar-refractivity contribution in [2.24, 2.45) is 23.6 Å². The summed E-state index contributed by atoms with van der Waals surface area (Å²) >= 11 is 0. The fourth-order valence-corrected chi connectivity index (χ4v) is 1.72. The molecule has 0 aromatic rings. The third kappa shape index (κ3) is 8.59. The first-order chi connectivity index (χ1) is 8.73. The summed E-state index contributed by atoms with van der Waals surface area (Å²) < 4.78 is 0. The standard InChI is InChI=1S/C14H28N2O3/c1-10(2)5-7-12(14(18)19)9-16(15)13(17)8-6-11(3)4/h10-12H,5-9,15H2,1-4H3,(H,18,19). The van der Waals surface area contributed by atoms with Crippen LogP contribution in [0.3, 0.4) is 0 Å². The number of amides is 1. The van der Waals surface area contributed by atoms with Crippen LogP contribution in [0.4, 0.5) is 0 Å². The van der Waals surface area contributed by atoms with E-state index < -0.39 is 11.9 Å². The van der Waals surface area contributed by atoms with Crippen LogP contribution in [0.1, 0.15) is 53.4 Å². The zero-order valence-corrected chi connectivity index (χ0v) is 12.6. The van der Waals surface area contributed by atoms with Crippen LogP contribution in [0.25, 0.3) is 0 Å². The molecule has 0 aromatic carbocycles. The molecule has 3 N–H and O–H groups in total. The third-order valence-corrected chi connectivity index (χ3v) is 3.11. The van der Waals surface area contributed by atoms with Crippen molar-refractivity contribution in [2.45, 2.75) is 53.4 Å². The van der Waals surface area contributed by atoms with Gasteiger partial charge >= 0.3 is 5.97 Å². The summed E-state index contributed by atoms with van der Waals surface area (Å²) in [5.41, 5.74) is 0. The SMILES string of the molecule is CC(C)CCC(=O)N(N)CC(CCC(C)C)C(=O)O. The highest BCUT2D eigenvalue weighted by molar-refractivity contribution is 5.77. The van der Waals surface area contributed by atoms with Crippen molar-refractivity contribution in [2.75, 3.05) is 6.54 Å². The molecule has 1 atom stereocenters. The quantitative estimate of drug-likeness (QED) is 0.383. The summed E-state index contributed by atoms with van der Waals surface area (Å²) in [6.45, 7) is 8.27. The highest BCUT2D eigenvalue weighted by Gasteiger charge is 2.22. The third-order valence-electron chi connectivity index (χ3n) is 3.11. The number of carbonyl (C=O) groups excluding carboxylic acids is 1. The molecule has 0 saturated heterocycles. The lowest BCUT2D eigenvalue weighted by Gasteiger charge is -2.22. The summed E-state index contributed by atoms with van der Waals surface area (Å²) in [4.78, 5) is 22.9. The average Bonchev–Trinajstić information content (AvgIpc) is 2.30. The van der Waals surface area contributed by atoms with Crippen LogP contribution in [0.5, 0.6) is 0 Å². The fourth-order valence-electron chi connectivity index (χ4n) is 1.72. The van der Waals surface area contributed by atoms with E-state index in [2.05, 4.69) is 0 Å². The van der Waals surface area contributed by atoms with Crippen molar-refractivity contribution in [1.82, 2.24) is 5.01 Å². The van der Waals surface area contributed by atoms with Crippen LogP contribution < -0.4 is 5.84 Å². The lowest BCUT2D eigenvalue weighted by atomic mass is 9.97. The first kappa shape index (κ1) is 17.9. The highest BCUT2D eigenvalue weighted by atomic mass is 16.4. The summed E-state index contributed by atoms with van der Waals surface area (Å²) in [6, 6.07) is 0. The molecule has 0 heterocycles. The van der Waals surface area contributed by atoms with Gasteiger partial charge in [-0.1, -0.05) is 34.1 Å². The van der Waals surface area contributed by atoms with E-state index in [1.54, 1.807) is 0 Å². The van der Waals surface area contributed by atoms with Crippen LogP contribution in [0.15, 0.2) is 0 Å². The topological polar surface area (TPSA) is 83.6 Å². The first-order valence-electron chi connectivity index (χ1n) is 7.01. The predicted molar refractivity (Wildman–Crippen MR) is 75.2 cm³/mol. The van der Waals surface area contributed by atoms with Crippen LogP contribution in [0.2, 0.25) is 0 Å². The number of carbonyl (C=O) groups is 2. The Balaban J connectivity index is 4.26. The average molecular weight is 272 g/mol. The number of nitrogens with two attached hydrogens (primary N) is 1. The lowest BCUT2D eigenvalue weighted by Crippen LogP contribution is -2.42. The number of hydrazine groups is 1. The molecule has 5 nitrogen and oxygen atoms in total. The summed E-state index contributed by atoms with van der Waals surface area (Å²) in [7, 11) is 0. The van der Waals surface area contributed by atoms with E-state index >= 15 is 0 Å². The molecule has 5 heteroatoms. The van der Waals surface area contributed by atoms with Gasteiger partial charge in [0.1, 0.15) is 0 Å². The predicted octanol–water partition coefficient (Wildman–Crippen LogP) is 2.26. The van der Waals surface area contributed by atoms with Crippen LogP contribution >= 0.6 is 0 Å². The number of hydrogen-bond donors (Lipinski definition) is 2. The minimum absolute atomic E-state index is 0.0962. The van der Waals surface area contributed by atoms with E-state index in [1.807, 2.05) is 27.7 Å². The van der Waals surface area contributed by atoms with E-state index in [0.29, 0.717) is 24.7 Å². The molecule has 112 valence electrons. The number of rotatable bonds is 9. The summed E-state index contributed by atoms with van der Waals surface area (Å²) in [6.07, 6.45) is 2.53. The van der Waals surface area contributed by atoms with Crippen LogP contribution in [-0.2, 0) is 9.59 Å². The molecule has 1 amide bonds. The van der Waals surface area contributed by atoms with Gasteiger partial charge in [0.15, 0.2) is 0 Å². The van der Waals surface area contributed by atoms with Crippen molar-refractivity contribution in [3.8, 4) is 0 Å². The molecule has 1 unspecified atom stereocenters. The van der Waals surface area contributed by atoms with Gasteiger partial charge in [0.05, 0.1) is 12.5 Å². The number of nitrogens with zero attached hydrogens (tertiary/aromatic N) is 1. The van der Waals surface area contributed by atoms with Gasteiger partial charge in [-0.15, -0.1) is 0 Å². The van der Waals surface area contributed by atoms with Crippen LogP contribution in [-0.4, -0.2) is 28.5 Å². The molecule has 0 aliphatic heterocycles. The highest BCUT2D eigenvalue weighted by Crippen LogP contribution is 2.14. The second kappa shape index (κ2) is 8.91. The molecule has 0 bridgehead atoms. The van der Waals surface area contributed by atoms with Gasteiger partial charge in [-0.05, 0) is 24.7 Å². The van der Waals surface area contributed by atoms with E-state index in [1.165, 1.54) is 0 Å². The van der Waals surface area contributed by atoms with Crippen LogP contribution in [0, 0.1) is 17.8 Å². The van der Waals surface area contributed by atoms with E-state index in [-0.39, 0.29) is 12.5 Å². The maximum absolute atomic E-state index is 11.8. The Labute approximate surface area is 116 Å². The maximum Gasteiger partial charge on any atom is 0.308 e. The Morgan fingerprint density at radius 1 is 1.05 bits per heavy atom. The zero-order chi connectivity index (χ0) is 15.0. The van der Waals surface area contributed by atoms with Crippen molar-refractivity contribution in [3.63, 3.8) is 0 Å². The molecule has 0 saturated carbocycles. The largest absolute Gasteiger partial charge is 0.481 e. The van der Waals surface area contributed by atoms with Crippen molar-refractivity contribution in [3.05, 3.63) is 0 Å². The Morgan fingerprint density at radius 3 is 2.00 bits per heavy atom. The van der Waals surface area contributed by atoms with E-state index in [0.717, 1.165) is 17.9 Å². The number of hydrogen-bond acceptors (Lipinski definition) is 3. The Hall–Kier alpha value is -1.10. The Bertz CT molecular complexity index is 290. The van der Waals surface area contributed by atoms with E-state index in [9.17, 15) is 9.59 Å². The molecule has 0 radical (unpaired) electrons. The van der Waals surface area contributed by atoms with Gasteiger partial charge in [0, 0.05) is 6.42 Å². The Morgan fingerprint density at radius 2 is 1.58 bits per heavy atom. The number of aliphatic carboxylic acids is 1. The summed E-state index contributed by atoms with van der Waals surface area (Å²) in [5.74, 6) is 4.92. The zero-order valence-electron chi connectivity index (χ0n) is 12.6. The van der Waals surface area contributed by atoms with Gasteiger partial charge in [-0.2, -0.15) is 0 Å². The molecular weight excluding hydrogens is 244 g/mol. The smallest absolute Gasteiger partial charge is 0.308 e. The second-order valence-electron chi connectivity index (χ2n) is 5.98.